The average molecular weight is 247 g/mol. The lowest BCUT2D eigenvalue weighted by Gasteiger charge is -2.35. The highest BCUT2D eigenvalue weighted by Crippen LogP contribution is 2.22. The summed E-state index contributed by atoms with van der Waals surface area (Å²) in [5.74, 6) is 0.654. The van der Waals surface area contributed by atoms with Crippen LogP contribution in [0.25, 0.3) is 0 Å². The number of hydrogen-bond donors (Lipinski definition) is 1. The van der Waals surface area contributed by atoms with E-state index in [1.807, 2.05) is 12.1 Å². The zero-order valence-corrected chi connectivity index (χ0v) is 11.1. The molecule has 0 aromatic heterocycles. The van der Waals surface area contributed by atoms with Gasteiger partial charge in [0.05, 0.1) is 5.56 Å². The van der Waals surface area contributed by atoms with Crippen LogP contribution in [-0.2, 0) is 6.54 Å². The molecule has 2 unspecified atom stereocenters. The Bertz CT molecular complexity index is 403. The van der Waals surface area contributed by atoms with Gasteiger partial charge < -0.3 is 5.11 Å². The molecule has 2 atom stereocenters. The Morgan fingerprint density at radius 3 is 2.28 bits per heavy atom. The summed E-state index contributed by atoms with van der Waals surface area (Å²) in [7, 11) is 0. The molecule has 0 aliphatic carbocycles. The first-order valence-corrected chi connectivity index (χ1v) is 6.59. The second-order valence-corrected chi connectivity index (χ2v) is 5.64. The van der Waals surface area contributed by atoms with E-state index < -0.39 is 5.97 Å². The molecule has 0 radical (unpaired) electrons. The van der Waals surface area contributed by atoms with Crippen molar-refractivity contribution in [1.29, 1.82) is 0 Å². The summed E-state index contributed by atoms with van der Waals surface area (Å²) >= 11 is 0. The highest BCUT2D eigenvalue weighted by molar-refractivity contribution is 5.87. The maximum atomic E-state index is 10.8. The largest absolute Gasteiger partial charge is 0.478 e. The van der Waals surface area contributed by atoms with Gasteiger partial charge in [-0.05, 0) is 36.0 Å². The van der Waals surface area contributed by atoms with Crippen molar-refractivity contribution in [1.82, 2.24) is 4.90 Å². The molecule has 0 amide bonds. The number of likely N-dealkylation sites (tertiary alicyclic amines) is 1. The molecule has 3 heteroatoms. The molecule has 1 aromatic carbocycles. The minimum absolute atomic E-state index is 0.360. The summed E-state index contributed by atoms with van der Waals surface area (Å²) in [6.07, 6.45) is 1.31. The molecule has 1 fully saturated rings. The zero-order valence-electron chi connectivity index (χ0n) is 11.1. The lowest BCUT2D eigenvalue weighted by molar-refractivity contribution is 0.0697. The first-order chi connectivity index (χ1) is 8.54. The monoisotopic (exact) mass is 247 g/mol. The molecular formula is C15H21NO2. The number of aromatic carboxylic acids is 1. The fourth-order valence-electron chi connectivity index (χ4n) is 2.93. The Morgan fingerprint density at radius 1 is 1.22 bits per heavy atom. The molecule has 1 N–H and O–H groups in total. The van der Waals surface area contributed by atoms with Crippen molar-refractivity contribution in [3.8, 4) is 0 Å². The van der Waals surface area contributed by atoms with Crippen molar-refractivity contribution in [2.24, 2.45) is 11.8 Å². The van der Waals surface area contributed by atoms with Crippen molar-refractivity contribution in [3.05, 3.63) is 35.4 Å². The number of carbonyl (C=O) groups is 1. The smallest absolute Gasteiger partial charge is 0.335 e. The minimum atomic E-state index is -0.859. The lowest BCUT2D eigenvalue weighted by Crippen LogP contribution is -2.38. The second-order valence-electron chi connectivity index (χ2n) is 5.64. The van der Waals surface area contributed by atoms with E-state index in [2.05, 4.69) is 18.7 Å². The second kappa shape index (κ2) is 5.53. The minimum Gasteiger partial charge on any atom is -0.478 e. The summed E-state index contributed by atoms with van der Waals surface area (Å²) in [5, 5.41) is 8.86. The van der Waals surface area contributed by atoms with Gasteiger partial charge in [-0.2, -0.15) is 0 Å². The van der Waals surface area contributed by atoms with E-state index in [9.17, 15) is 4.79 Å². The summed E-state index contributed by atoms with van der Waals surface area (Å²) in [6.45, 7) is 7.82. The SMILES string of the molecule is CC1CC(C)CN(Cc2ccc(C(=O)O)cc2)C1. The van der Waals surface area contributed by atoms with Crippen molar-refractivity contribution < 1.29 is 9.90 Å². The zero-order chi connectivity index (χ0) is 13.1. The maximum Gasteiger partial charge on any atom is 0.335 e. The van der Waals surface area contributed by atoms with Crippen molar-refractivity contribution in [3.63, 3.8) is 0 Å². The van der Waals surface area contributed by atoms with E-state index >= 15 is 0 Å². The number of carboxylic acids is 1. The molecule has 1 aliphatic heterocycles. The first kappa shape index (κ1) is 13.1. The molecule has 1 heterocycles. The van der Waals surface area contributed by atoms with Gasteiger partial charge in [-0.25, -0.2) is 4.79 Å². The summed E-state index contributed by atoms with van der Waals surface area (Å²) in [5.41, 5.74) is 1.56. The number of benzene rings is 1. The van der Waals surface area contributed by atoms with Gasteiger partial charge in [-0.3, -0.25) is 4.90 Å². The molecule has 3 nitrogen and oxygen atoms in total. The standard InChI is InChI=1S/C15H21NO2/c1-11-7-12(2)9-16(8-11)10-13-3-5-14(6-4-13)15(17)18/h3-6,11-12H,7-10H2,1-2H3,(H,17,18). The molecule has 18 heavy (non-hydrogen) atoms. The van der Waals surface area contributed by atoms with Gasteiger partial charge in [0, 0.05) is 19.6 Å². The fourth-order valence-corrected chi connectivity index (χ4v) is 2.93. The van der Waals surface area contributed by atoms with E-state index in [1.165, 1.54) is 12.0 Å². The number of carboxylic acid groups (broad SMARTS) is 1. The summed E-state index contributed by atoms with van der Waals surface area (Å²) in [4.78, 5) is 13.2. The third-order valence-corrected chi connectivity index (χ3v) is 3.55. The average Bonchev–Trinajstić information content (AvgIpc) is 2.28. The molecule has 2 rings (SSSR count). The van der Waals surface area contributed by atoms with Crippen LogP contribution in [0.4, 0.5) is 0 Å². The van der Waals surface area contributed by atoms with Crippen molar-refractivity contribution in [2.45, 2.75) is 26.8 Å². The van der Waals surface area contributed by atoms with Crippen LogP contribution in [0.5, 0.6) is 0 Å². The van der Waals surface area contributed by atoms with Gasteiger partial charge in [0.1, 0.15) is 0 Å². The van der Waals surface area contributed by atoms with E-state index in [0.29, 0.717) is 5.56 Å². The molecule has 0 spiro atoms. The van der Waals surface area contributed by atoms with Crippen LogP contribution in [0.1, 0.15) is 36.2 Å². The first-order valence-electron chi connectivity index (χ1n) is 6.59. The number of rotatable bonds is 3. The fraction of sp³-hybridized carbons (Fsp3) is 0.533. The van der Waals surface area contributed by atoms with Gasteiger partial charge in [0.25, 0.3) is 0 Å². The van der Waals surface area contributed by atoms with E-state index in [4.69, 9.17) is 5.11 Å². The third kappa shape index (κ3) is 3.33. The van der Waals surface area contributed by atoms with Crippen LogP contribution < -0.4 is 0 Å². The number of nitrogens with zero attached hydrogens (tertiary/aromatic N) is 1. The van der Waals surface area contributed by atoms with Gasteiger partial charge >= 0.3 is 5.97 Å². The molecule has 0 saturated carbocycles. The molecule has 1 aromatic rings. The molecule has 1 aliphatic rings. The Hall–Kier alpha value is -1.35. The quantitative estimate of drug-likeness (QED) is 0.893. The number of hydrogen-bond acceptors (Lipinski definition) is 2. The third-order valence-electron chi connectivity index (χ3n) is 3.55. The maximum absolute atomic E-state index is 10.8. The Balaban J connectivity index is 1.98. The summed E-state index contributed by atoms with van der Waals surface area (Å²) < 4.78 is 0. The topological polar surface area (TPSA) is 40.5 Å². The molecule has 0 bridgehead atoms. The Kier molecular flexibility index (Phi) is 4.02. The predicted molar refractivity (Wildman–Crippen MR) is 71.6 cm³/mol. The lowest BCUT2D eigenvalue weighted by atomic mass is 9.91. The highest BCUT2D eigenvalue weighted by atomic mass is 16.4. The van der Waals surface area contributed by atoms with Crippen LogP contribution in [0, 0.1) is 11.8 Å². The normalized spacial score (nSPS) is 25.0. The van der Waals surface area contributed by atoms with Crippen LogP contribution in [-0.4, -0.2) is 29.1 Å². The van der Waals surface area contributed by atoms with Crippen molar-refractivity contribution in [2.75, 3.05) is 13.1 Å². The van der Waals surface area contributed by atoms with Gasteiger partial charge in [0.2, 0.25) is 0 Å². The van der Waals surface area contributed by atoms with Crippen molar-refractivity contribution >= 4 is 5.97 Å². The summed E-state index contributed by atoms with van der Waals surface area (Å²) in [6, 6.07) is 7.23. The predicted octanol–water partition coefficient (Wildman–Crippen LogP) is 2.86. The molecule has 1 saturated heterocycles. The van der Waals surface area contributed by atoms with Crippen LogP contribution >= 0.6 is 0 Å². The highest BCUT2D eigenvalue weighted by Gasteiger charge is 2.21. The molecular weight excluding hydrogens is 226 g/mol. The van der Waals surface area contributed by atoms with Gasteiger partial charge in [0.15, 0.2) is 0 Å². The number of piperidine rings is 1. The van der Waals surface area contributed by atoms with Gasteiger partial charge in [-0.15, -0.1) is 0 Å². The van der Waals surface area contributed by atoms with Crippen LogP contribution in [0.3, 0.4) is 0 Å². The Morgan fingerprint density at radius 2 is 1.78 bits per heavy atom. The van der Waals surface area contributed by atoms with E-state index in [0.717, 1.165) is 31.5 Å². The van der Waals surface area contributed by atoms with Crippen LogP contribution in [0.15, 0.2) is 24.3 Å². The van der Waals surface area contributed by atoms with E-state index in [-0.39, 0.29) is 0 Å². The molecule has 98 valence electrons. The van der Waals surface area contributed by atoms with E-state index in [1.54, 1.807) is 12.1 Å². The van der Waals surface area contributed by atoms with Crippen LogP contribution in [0.2, 0.25) is 0 Å². The van der Waals surface area contributed by atoms with Gasteiger partial charge in [-0.1, -0.05) is 26.0 Å². The Labute approximate surface area is 108 Å².